The van der Waals surface area contributed by atoms with Crippen molar-refractivity contribution in [3.63, 3.8) is 0 Å². The van der Waals surface area contributed by atoms with Gasteiger partial charge in [0, 0.05) is 0 Å². The quantitative estimate of drug-likeness (QED) is 0.472. The lowest BCUT2D eigenvalue weighted by Gasteiger charge is -2.18. The molecular formula is C7H12O5. The molecule has 0 bridgehead atoms. The third-order valence-electron chi connectivity index (χ3n) is 1.48. The van der Waals surface area contributed by atoms with Crippen LogP contribution in [0.5, 0.6) is 0 Å². The van der Waals surface area contributed by atoms with Gasteiger partial charge in [-0.1, -0.05) is 0 Å². The maximum atomic E-state index is 10.5. The highest BCUT2D eigenvalue weighted by Gasteiger charge is 2.30. The molecule has 12 heavy (non-hydrogen) atoms. The van der Waals surface area contributed by atoms with E-state index in [9.17, 15) is 9.59 Å². The predicted octanol–water partition coefficient (Wildman–Crippen LogP) is -1.75. The van der Waals surface area contributed by atoms with Crippen molar-refractivity contribution in [2.24, 2.45) is 0 Å². The number of ketones is 2. The molecule has 0 spiro atoms. The summed E-state index contributed by atoms with van der Waals surface area (Å²) in [5, 5.41) is 26.8. The van der Waals surface area contributed by atoms with Crippen molar-refractivity contribution < 1.29 is 24.9 Å². The second-order valence-electron chi connectivity index (χ2n) is 2.60. The number of hydrogen-bond acceptors (Lipinski definition) is 5. The first-order valence-corrected chi connectivity index (χ1v) is 3.43. The van der Waals surface area contributed by atoms with E-state index < -0.39 is 29.9 Å². The van der Waals surface area contributed by atoms with Crippen LogP contribution in [0.3, 0.4) is 0 Å². The molecule has 5 nitrogen and oxygen atoms in total. The molecule has 0 saturated carbocycles. The Hall–Kier alpha value is -0.780. The molecule has 5 heteroatoms. The third-order valence-corrected chi connectivity index (χ3v) is 1.48. The summed E-state index contributed by atoms with van der Waals surface area (Å²) in [4.78, 5) is 21.0. The molecule has 0 saturated heterocycles. The first kappa shape index (κ1) is 11.2. The molecule has 3 N–H and O–H groups in total. The molecule has 0 aliphatic carbocycles. The van der Waals surface area contributed by atoms with Crippen LogP contribution >= 0.6 is 0 Å². The van der Waals surface area contributed by atoms with Crippen LogP contribution in [0.25, 0.3) is 0 Å². The minimum atomic E-state index is -1.74. The highest BCUT2D eigenvalue weighted by Crippen LogP contribution is 2.02. The number of rotatable bonds is 4. The van der Waals surface area contributed by atoms with Gasteiger partial charge in [-0.2, -0.15) is 0 Å². The van der Waals surface area contributed by atoms with Gasteiger partial charge in [-0.3, -0.25) is 9.59 Å². The number of Topliss-reactive ketones (excluding diaryl/α,β-unsaturated/α-hetero) is 2. The molecule has 0 amide bonds. The highest BCUT2D eigenvalue weighted by molar-refractivity contribution is 5.85. The number of aliphatic hydroxyl groups excluding tert-OH is 3. The van der Waals surface area contributed by atoms with E-state index in [1.165, 1.54) is 0 Å². The van der Waals surface area contributed by atoms with Crippen LogP contribution in [0.1, 0.15) is 13.8 Å². The number of aliphatic hydroxyl groups is 3. The van der Waals surface area contributed by atoms with Crippen molar-refractivity contribution in [2.45, 2.75) is 32.2 Å². The topological polar surface area (TPSA) is 94.8 Å². The average molecular weight is 176 g/mol. The normalized spacial score (nSPS) is 18.1. The van der Waals surface area contributed by atoms with Gasteiger partial charge < -0.3 is 15.3 Å². The fourth-order valence-electron chi connectivity index (χ4n) is 0.654. The van der Waals surface area contributed by atoms with Gasteiger partial charge in [-0.05, 0) is 13.8 Å². The van der Waals surface area contributed by atoms with Crippen LogP contribution in [0.2, 0.25) is 0 Å². The smallest absolute Gasteiger partial charge is 0.160 e. The van der Waals surface area contributed by atoms with Gasteiger partial charge in [0.2, 0.25) is 0 Å². The van der Waals surface area contributed by atoms with E-state index in [1.54, 1.807) is 0 Å². The predicted molar refractivity (Wildman–Crippen MR) is 39.4 cm³/mol. The molecule has 0 fully saturated rings. The van der Waals surface area contributed by atoms with Gasteiger partial charge in [0.15, 0.2) is 11.6 Å². The maximum absolute atomic E-state index is 10.5. The molecule has 2 atom stereocenters. The zero-order valence-electron chi connectivity index (χ0n) is 6.89. The maximum Gasteiger partial charge on any atom is 0.160 e. The molecule has 2 unspecified atom stereocenters. The van der Waals surface area contributed by atoms with Crippen molar-refractivity contribution >= 4 is 11.6 Å². The number of carbonyl (C=O) groups is 2. The van der Waals surface area contributed by atoms with Crippen LogP contribution in [0, 0.1) is 0 Å². The molecule has 0 aromatic rings. The Balaban J connectivity index is 4.28. The van der Waals surface area contributed by atoms with Crippen LogP contribution < -0.4 is 0 Å². The number of hydrogen-bond donors (Lipinski definition) is 3. The zero-order chi connectivity index (χ0) is 9.89. The second kappa shape index (κ2) is 4.30. The summed E-state index contributed by atoms with van der Waals surface area (Å²) >= 11 is 0. The lowest BCUT2D eigenvalue weighted by molar-refractivity contribution is -0.144. The lowest BCUT2D eigenvalue weighted by atomic mass is 10.0. The standard InChI is InChI=1S/C7H12O5/c1-3(8)5(10)7(12)6(11)4(2)9/h5-7,10-12H,1-2H3. The summed E-state index contributed by atoms with van der Waals surface area (Å²) < 4.78 is 0. The summed E-state index contributed by atoms with van der Waals surface area (Å²) in [6.45, 7) is 2.11. The Morgan fingerprint density at radius 2 is 1.17 bits per heavy atom. The van der Waals surface area contributed by atoms with Gasteiger partial charge >= 0.3 is 0 Å². The summed E-state index contributed by atoms with van der Waals surface area (Å²) in [6.07, 6.45) is -5.15. The molecule has 0 aromatic carbocycles. The molecule has 0 rings (SSSR count). The highest BCUT2D eigenvalue weighted by atomic mass is 16.4. The molecule has 0 radical (unpaired) electrons. The summed E-state index contributed by atoms with van der Waals surface area (Å²) in [5.41, 5.74) is 0. The van der Waals surface area contributed by atoms with E-state index in [1.807, 2.05) is 0 Å². The van der Waals surface area contributed by atoms with Crippen LogP contribution in [0.4, 0.5) is 0 Å². The summed E-state index contributed by atoms with van der Waals surface area (Å²) in [6, 6.07) is 0. The van der Waals surface area contributed by atoms with Gasteiger partial charge in [-0.25, -0.2) is 0 Å². The first-order valence-electron chi connectivity index (χ1n) is 3.43. The van der Waals surface area contributed by atoms with E-state index in [0.717, 1.165) is 13.8 Å². The summed E-state index contributed by atoms with van der Waals surface area (Å²) in [7, 11) is 0. The van der Waals surface area contributed by atoms with Crippen molar-refractivity contribution in [1.29, 1.82) is 0 Å². The molecule has 0 aromatic heterocycles. The Morgan fingerprint density at radius 1 is 0.917 bits per heavy atom. The van der Waals surface area contributed by atoms with Crippen molar-refractivity contribution in [3.8, 4) is 0 Å². The summed E-state index contributed by atoms with van der Waals surface area (Å²) in [5.74, 6) is -1.38. The fourth-order valence-corrected chi connectivity index (χ4v) is 0.654. The largest absolute Gasteiger partial charge is 0.387 e. The van der Waals surface area contributed by atoms with E-state index in [4.69, 9.17) is 15.3 Å². The Bertz CT molecular complexity index is 168. The first-order chi connectivity index (χ1) is 5.37. The average Bonchev–Trinajstić information content (AvgIpc) is 2.00. The van der Waals surface area contributed by atoms with Crippen molar-refractivity contribution in [2.75, 3.05) is 0 Å². The van der Waals surface area contributed by atoms with Gasteiger partial charge in [0.1, 0.15) is 18.3 Å². The molecule has 0 heterocycles. The molecular weight excluding hydrogens is 164 g/mol. The lowest BCUT2D eigenvalue weighted by Crippen LogP contribution is -2.44. The SMILES string of the molecule is CC(=O)C(O)C(O)C(O)C(C)=O. The minimum absolute atomic E-state index is 0.692. The van der Waals surface area contributed by atoms with E-state index in [2.05, 4.69) is 0 Å². The van der Waals surface area contributed by atoms with Crippen LogP contribution in [-0.4, -0.2) is 45.2 Å². The monoisotopic (exact) mass is 176 g/mol. The van der Waals surface area contributed by atoms with Crippen molar-refractivity contribution in [3.05, 3.63) is 0 Å². The van der Waals surface area contributed by atoms with Gasteiger partial charge in [0.25, 0.3) is 0 Å². The molecule has 0 aliphatic rings. The third kappa shape index (κ3) is 2.69. The number of carbonyl (C=O) groups excluding carboxylic acids is 2. The van der Waals surface area contributed by atoms with Crippen molar-refractivity contribution in [1.82, 2.24) is 0 Å². The van der Waals surface area contributed by atoms with Crippen LogP contribution in [-0.2, 0) is 9.59 Å². The van der Waals surface area contributed by atoms with Crippen LogP contribution in [0.15, 0.2) is 0 Å². The second-order valence-corrected chi connectivity index (χ2v) is 2.60. The Morgan fingerprint density at radius 3 is 1.33 bits per heavy atom. The minimum Gasteiger partial charge on any atom is -0.387 e. The zero-order valence-corrected chi connectivity index (χ0v) is 6.89. The van der Waals surface area contributed by atoms with Gasteiger partial charge in [-0.15, -0.1) is 0 Å². The van der Waals surface area contributed by atoms with E-state index in [-0.39, 0.29) is 0 Å². The van der Waals surface area contributed by atoms with E-state index in [0.29, 0.717) is 0 Å². The molecule has 70 valence electrons. The van der Waals surface area contributed by atoms with E-state index >= 15 is 0 Å². The molecule has 0 aliphatic heterocycles. The fraction of sp³-hybridized carbons (Fsp3) is 0.714. The Kier molecular flexibility index (Phi) is 4.02. The van der Waals surface area contributed by atoms with Gasteiger partial charge in [0.05, 0.1) is 0 Å². The Labute approximate surface area is 69.6 Å².